The van der Waals surface area contributed by atoms with Gasteiger partial charge in [0.15, 0.2) is 0 Å². The van der Waals surface area contributed by atoms with E-state index in [0.29, 0.717) is 20.6 Å². The van der Waals surface area contributed by atoms with Crippen LogP contribution in [0.3, 0.4) is 0 Å². The molecule has 3 nitrogen and oxygen atoms in total. The number of carbonyl (C=O) groups excluding carboxylic acids is 1. The van der Waals surface area contributed by atoms with Crippen molar-refractivity contribution in [2.75, 3.05) is 20.6 Å². The summed E-state index contributed by atoms with van der Waals surface area (Å²) in [6.45, 7) is 0.830. The van der Waals surface area contributed by atoms with Gasteiger partial charge in [0.05, 0.1) is 16.6 Å². The Bertz CT molecular complexity index is 702. The van der Waals surface area contributed by atoms with Crippen LogP contribution in [0.1, 0.15) is 28.4 Å². The summed E-state index contributed by atoms with van der Waals surface area (Å²) >= 11 is 18.1. The summed E-state index contributed by atoms with van der Waals surface area (Å²) in [4.78, 5) is 14.7. The van der Waals surface area contributed by atoms with Gasteiger partial charge in [0.2, 0.25) is 0 Å². The fourth-order valence-electron chi connectivity index (χ4n) is 2.31. The third-order valence-corrected chi connectivity index (χ3v) is 4.43. The summed E-state index contributed by atoms with van der Waals surface area (Å²) < 4.78 is 0. The van der Waals surface area contributed by atoms with Crippen molar-refractivity contribution < 1.29 is 4.79 Å². The highest BCUT2D eigenvalue weighted by Gasteiger charge is 2.18. The van der Waals surface area contributed by atoms with Gasteiger partial charge in [0.25, 0.3) is 5.91 Å². The molecule has 0 aliphatic carbocycles. The Hall–Kier alpha value is -1.26. The summed E-state index contributed by atoms with van der Waals surface area (Å²) in [7, 11) is 3.99. The highest BCUT2D eigenvalue weighted by Crippen LogP contribution is 2.24. The van der Waals surface area contributed by atoms with Gasteiger partial charge in [-0.2, -0.15) is 0 Å². The summed E-state index contributed by atoms with van der Waals surface area (Å²) in [6, 6.07) is 12.2. The monoisotopic (exact) mass is 384 g/mol. The smallest absolute Gasteiger partial charge is 0.253 e. The lowest BCUT2D eigenvalue weighted by atomic mass is 10.0. The maximum Gasteiger partial charge on any atom is 0.253 e. The van der Waals surface area contributed by atoms with Gasteiger partial charge in [-0.1, -0.05) is 46.9 Å². The number of halogens is 3. The standard InChI is InChI=1S/C18H19Cl3N2O/c1-23(2)10-9-17(12-3-5-13(19)6-4-12)22-18(24)15-11-14(20)7-8-16(15)21/h3-8,11,17H,9-10H2,1-2H3,(H,22,24). The van der Waals surface area contributed by atoms with Crippen LogP contribution in [0.4, 0.5) is 0 Å². The van der Waals surface area contributed by atoms with E-state index in [1.165, 1.54) is 0 Å². The second-order valence-corrected chi connectivity index (χ2v) is 7.07. The van der Waals surface area contributed by atoms with Crippen LogP contribution in [-0.2, 0) is 0 Å². The van der Waals surface area contributed by atoms with Crippen LogP contribution in [0.15, 0.2) is 42.5 Å². The van der Waals surface area contributed by atoms with Gasteiger partial charge >= 0.3 is 0 Å². The van der Waals surface area contributed by atoms with Crippen molar-refractivity contribution >= 4 is 40.7 Å². The number of hydrogen-bond donors (Lipinski definition) is 1. The van der Waals surface area contributed by atoms with Gasteiger partial charge in [0.1, 0.15) is 0 Å². The minimum atomic E-state index is -0.249. The molecule has 6 heteroatoms. The van der Waals surface area contributed by atoms with Crippen LogP contribution in [0, 0.1) is 0 Å². The molecule has 24 heavy (non-hydrogen) atoms. The van der Waals surface area contributed by atoms with E-state index in [1.807, 2.05) is 38.4 Å². The maximum atomic E-state index is 12.6. The summed E-state index contributed by atoms with van der Waals surface area (Å²) in [5.41, 5.74) is 1.36. The fraction of sp³-hybridized carbons (Fsp3) is 0.278. The molecule has 1 N–H and O–H groups in total. The molecule has 1 atom stereocenters. The molecule has 128 valence electrons. The molecule has 0 radical (unpaired) electrons. The number of hydrogen-bond acceptors (Lipinski definition) is 2. The zero-order valence-corrected chi connectivity index (χ0v) is 15.8. The largest absolute Gasteiger partial charge is 0.345 e. The Morgan fingerprint density at radius 3 is 2.29 bits per heavy atom. The highest BCUT2D eigenvalue weighted by atomic mass is 35.5. The predicted octanol–water partition coefficient (Wildman–Crippen LogP) is 5.07. The van der Waals surface area contributed by atoms with Crippen LogP contribution >= 0.6 is 34.8 Å². The van der Waals surface area contributed by atoms with Gasteiger partial charge in [0, 0.05) is 10.0 Å². The zero-order valence-electron chi connectivity index (χ0n) is 13.5. The quantitative estimate of drug-likeness (QED) is 0.753. The number of rotatable bonds is 6. The van der Waals surface area contributed by atoms with E-state index in [0.717, 1.165) is 18.5 Å². The number of benzene rings is 2. The van der Waals surface area contributed by atoms with Gasteiger partial charge in [-0.25, -0.2) is 0 Å². The van der Waals surface area contributed by atoms with Crippen molar-refractivity contribution in [1.29, 1.82) is 0 Å². The minimum Gasteiger partial charge on any atom is -0.345 e. The third-order valence-electron chi connectivity index (χ3n) is 3.62. The van der Waals surface area contributed by atoms with Gasteiger partial charge in [-0.3, -0.25) is 4.79 Å². The van der Waals surface area contributed by atoms with Crippen molar-refractivity contribution in [1.82, 2.24) is 10.2 Å². The van der Waals surface area contributed by atoms with E-state index >= 15 is 0 Å². The zero-order chi connectivity index (χ0) is 17.7. The van der Waals surface area contributed by atoms with Crippen LogP contribution in [0.25, 0.3) is 0 Å². The normalized spacial score (nSPS) is 12.2. The average molecular weight is 386 g/mol. The lowest BCUT2D eigenvalue weighted by molar-refractivity contribution is 0.0933. The molecule has 0 aliphatic heterocycles. The van der Waals surface area contributed by atoms with Crippen molar-refractivity contribution in [3.05, 3.63) is 68.7 Å². The minimum absolute atomic E-state index is 0.146. The molecule has 2 rings (SSSR count). The number of carbonyl (C=O) groups is 1. The van der Waals surface area contributed by atoms with Crippen LogP contribution < -0.4 is 5.32 Å². The topological polar surface area (TPSA) is 32.3 Å². The van der Waals surface area contributed by atoms with E-state index in [2.05, 4.69) is 10.2 Å². The summed E-state index contributed by atoms with van der Waals surface area (Å²) in [6.07, 6.45) is 0.762. The second kappa shape index (κ2) is 8.72. The van der Waals surface area contributed by atoms with E-state index in [4.69, 9.17) is 34.8 Å². The predicted molar refractivity (Wildman–Crippen MR) is 101 cm³/mol. The molecule has 1 amide bonds. The van der Waals surface area contributed by atoms with Crippen molar-refractivity contribution in [2.24, 2.45) is 0 Å². The lowest BCUT2D eigenvalue weighted by Crippen LogP contribution is -2.31. The Labute approximate surface area is 157 Å². The average Bonchev–Trinajstić information content (AvgIpc) is 2.54. The van der Waals surface area contributed by atoms with E-state index in [1.54, 1.807) is 18.2 Å². The summed E-state index contributed by atoms with van der Waals surface area (Å²) in [5.74, 6) is -0.249. The Kier molecular flexibility index (Phi) is 6.93. The molecule has 0 heterocycles. The highest BCUT2D eigenvalue weighted by molar-refractivity contribution is 6.35. The maximum absolute atomic E-state index is 12.6. The molecule has 0 aromatic heterocycles. The van der Waals surface area contributed by atoms with E-state index < -0.39 is 0 Å². The number of amides is 1. The van der Waals surface area contributed by atoms with Crippen LogP contribution in [0.2, 0.25) is 15.1 Å². The summed E-state index contributed by atoms with van der Waals surface area (Å²) in [5, 5.41) is 4.55. The molecule has 2 aromatic carbocycles. The van der Waals surface area contributed by atoms with Crippen molar-refractivity contribution in [3.63, 3.8) is 0 Å². The molecule has 0 saturated carbocycles. The fourth-order valence-corrected chi connectivity index (χ4v) is 2.81. The molecular weight excluding hydrogens is 367 g/mol. The van der Waals surface area contributed by atoms with Gasteiger partial charge in [-0.05, 0) is 63.0 Å². The SMILES string of the molecule is CN(C)CCC(NC(=O)c1cc(Cl)ccc1Cl)c1ccc(Cl)cc1. The number of nitrogens with zero attached hydrogens (tertiary/aromatic N) is 1. The molecule has 0 spiro atoms. The Balaban J connectivity index is 2.22. The van der Waals surface area contributed by atoms with E-state index in [9.17, 15) is 4.79 Å². The number of nitrogens with one attached hydrogen (secondary N) is 1. The first-order valence-corrected chi connectivity index (χ1v) is 8.66. The van der Waals surface area contributed by atoms with Crippen molar-refractivity contribution in [3.8, 4) is 0 Å². The Morgan fingerprint density at radius 1 is 1.04 bits per heavy atom. The lowest BCUT2D eigenvalue weighted by Gasteiger charge is -2.22. The molecule has 0 saturated heterocycles. The molecular formula is C18H19Cl3N2O. The first-order chi connectivity index (χ1) is 11.4. The van der Waals surface area contributed by atoms with E-state index in [-0.39, 0.29) is 11.9 Å². The van der Waals surface area contributed by atoms with Crippen molar-refractivity contribution in [2.45, 2.75) is 12.5 Å². The first-order valence-electron chi connectivity index (χ1n) is 7.53. The molecule has 0 bridgehead atoms. The Morgan fingerprint density at radius 2 is 1.67 bits per heavy atom. The van der Waals surface area contributed by atoms with Crippen LogP contribution in [0.5, 0.6) is 0 Å². The molecule has 2 aromatic rings. The molecule has 0 fully saturated rings. The first kappa shape index (κ1) is 19.1. The van der Waals surface area contributed by atoms with Crippen LogP contribution in [-0.4, -0.2) is 31.4 Å². The van der Waals surface area contributed by atoms with Gasteiger partial charge in [-0.15, -0.1) is 0 Å². The molecule has 0 aliphatic rings. The molecule has 1 unspecified atom stereocenters. The second-order valence-electron chi connectivity index (χ2n) is 5.79. The van der Waals surface area contributed by atoms with Gasteiger partial charge < -0.3 is 10.2 Å². The third kappa shape index (κ3) is 5.38.